The maximum atomic E-state index is 3.17. The Labute approximate surface area is 144 Å². The second-order valence-electron chi connectivity index (χ2n) is 4.03. The van der Waals surface area contributed by atoms with Crippen molar-refractivity contribution in [2.45, 2.75) is 27.7 Å². The van der Waals surface area contributed by atoms with E-state index in [4.69, 9.17) is 0 Å². The normalized spacial score (nSPS) is 7.79. The third-order valence-corrected chi connectivity index (χ3v) is 2.17. The van der Waals surface area contributed by atoms with Gasteiger partial charge in [-0.25, -0.2) is 0 Å². The Bertz CT molecular complexity index is 378. The second kappa shape index (κ2) is 12.8. The van der Waals surface area contributed by atoms with Crippen LogP contribution in [0, 0.1) is 39.8 Å². The molecule has 2 radical (unpaired) electrons. The van der Waals surface area contributed by atoms with Crippen LogP contribution in [0.5, 0.6) is 0 Å². The first-order chi connectivity index (χ1) is 7.58. The molecule has 0 spiro atoms. The number of halogens is 2. The Balaban J connectivity index is -0.000000233. The van der Waals surface area contributed by atoms with E-state index < -0.39 is 0 Å². The van der Waals surface area contributed by atoms with Crippen molar-refractivity contribution in [1.29, 1.82) is 0 Å². The predicted octanol–water partition coefficient (Wildman–Crippen LogP) is -1.79. The Hall–Kier alpha value is -0.266. The van der Waals surface area contributed by atoms with Gasteiger partial charge < -0.3 is 24.8 Å². The maximum absolute atomic E-state index is 3.17. The first kappa shape index (κ1) is 23.8. The molecule has 19 heavy (non-hydrogen) atoms. The molecule has 2 aromatic rings. The van der Waals surface area contributed by atoms with Gasteiger partial charge in [0.05, 0.1) is 0 Å². The predicted molar refractivity (Wildman–Crippen MR) is 69.5 cm³/mol. The van der Waals surface area contributed by atoms with Crippen molar-refractivity contribution in [3.63, 3.8) is 0 Å². The number of benzene rings is 2. The Kier molecular flexibility index (Phi) is 16.0. The summed E-state index contributed by atoms with van der Waals surface area (Å²) in [6, 6.07) is 18.6. The van der Waals surface area contributed by atoms with Crippen LogP contribution in [0.15, 0.2) is 36.4 Å². The number of hydrogen-bond donors (Lipinski definition) is 0. The van der Waals surface area contributed by atoms with Crippen LogP contribution in [0.4, 0.5) is 0 Å². The average molecular weight is 329 g/mol. The van der Waals surface area contributed by atoms with Crippen molar-refractivity contribution >= 4 is 0 Å². The Morgan fingerprint density at radius 1 is 0.579 bits per heavy atom. The van der Waals surface area contributed by atoms with Gasteiger partial charge in [0, 0.05) is 0 Å². The van der Waals surface area contributed by atoms with Gasteiger partial charge in [-0.15, -0.1) is 0 Å². The quantitative estimate of drug-likeness (QED) is 0.501. The number of aryl methyl sites for hydroxylation is 4. The van der Waals surface area contributed by atoms with Crippen LogP contribution >= 0.6 is 0 Å². The van der Waals surface area contributed by atoms with Gasteiger partial charge in [-0.3, -0.25) is 0 Å². The summed E-state index contributed by atoms with van der Waals surface area (Å²) in [6.45, 7) is 8.19. The zero-order valence-electron chi connectivity index (χ0n) is 11.7. The molecule has 2 rings (SSSR count). The molecule has 0 saturated heterocycles. The molecule has 0 N–H and O–H groups in total. The number of hydrogen-bond acceptors (Lipinski definition) is 0. The molecule has 0 heterocycles. The van der Waals surface area contributed by atoms with Crippen LogP contribution < -0.4 is 24.8 Å². The van der Waals surface area contributed by atoms with Crippen molar-refractivity contribution in [3.05, 3.63) is 70.8 Å². The van der Waals surface area contributed by atoms with Crippen LogP contribution in [-0.4, -0.2) is 0 Å². The van der Waals surface area contributed by atoms with E-state index in [2.05, 4.69) is 12.1 Å². The molecule has 0 fully saturated rings. The molecule has 0 bridgehead atoms. The maximum Gasteiger partial charge on any atom is 2.00 e. The van der Waals surface area contributed by atoms with Gasteiger partial charge in [-0.05, 0) is 62.1 Å². The minimum Gasteiger partial charge on any atom is -1.00 e. The molecular weight excluding hydrogens is 311 g/mol. The summed E-state index contributed by atoms with van der Waals surface area (Å²) < 4.78 is 0. The summed E-state index contributed by atoms with van der Waals surface area (Å²) >= 11 is 0. The van der Waals surface area contributed by atoms with Crippen molar-refractivity contribution in [2.24, 2.45) is 0 Å². The molecule has 0 nitrogen and oxygen atoms in total. The molecule has 0 amide bonds. The fourth-order valence-corrected chi connectivity index (χ4v) is 1.46. The number of rotatable bonds is 0. The molecule has 2 aromatic carbocycles. The van der Waals surface area contributed by atoms with Crippen molar-refractivity contribution < 1.29 is 46.5 Å². The first-order valence-corrected chi connectivity index (χ1v) is 5.49. The van der Waals surface area contributed by atoms with Gasteiger partial charge in [-0.2, -0.15) is 0 Å². The van der Waals surface area contributed by atoms with Gasteiger partial charge in [0.25, 0.3) is 0 Å². The zero-order chi connectivity index (χ0) is 12.0. The summed E-state index contributed by atoms with van der Waals surface area (Å²) in [5, 5.41) is 0. The second-order valence-corrected chi connectivity index (χ2v) is 4.03. The minimum atomic E-state index is 0. The summed E-state index contributed by atoms with van der Waals surface area (Å²) in [5.41, 5.74) is 4.85. The van der Waals surface area contributed by atoms with Crippen molar-refractivity contribution in [2.75, 3.05) is 0 Å². The molecular formula is C16H18Cl2Ti. The van der Waals surface area contributed by atoms with Crippen LogP contribution in [0.2, 0.25) is 0 Å². The Morgan fingerprint density at radius 3 is 0.895 bits per heavy atom. The van der Waals surface area contributed by atoms with Crippen LogP contribution in [-0.2, 0) is 21.7 Å². The molecule has 0 atom stereocenters. The minimum absolute atomic E-state index is 0. The first-order valence-electron chi connectivity index (χ1n) is 5.49. The van der Waals surface area contributed by atoms with E-state index in [1.54, 1.807) is 0 Å². The molecule has 0 saturated carbocycles. The summed E-state index contributed by atoms with van der Waals surface area (Å²) in [5.74, 6) is 0. The molecule has 100 valence electrons. The topological polar surface area (TPSA) is 0 Å². The largest absolute Gasteiger partial charge is 2.00 e. The van der Waals surface area contributed by atoms with Crippen LogP contribution in [0.3, 0.4) is 0 Å². The van der Waals surface area contributed by atoms with Crippen molar-refractivity contribution in [3.8, 4) is 0 Å². The third-order valence-electron chi connectivity index (χ3n) is 2.17. The van der Waals surface area contributed by atoms with E-state index in [1.165, 1.54) is 22.3 Å². The monoisotopic (exact) mass is 328 g/mol. The van der Waals surface area contributed by atoms with E-state index >= 15 is 0 Å². The van der Waals surface area contributed by atoms with E-state index in [-0.39, 0.29) is 46.5 Å². The van der Waals surface area contributed by atoms with Crippen LogP contribution in [0.1, 0.15) is 22.3 Å². The van der Waals surface area contributed by atoms with Crippen molar-refractivity contribution in [1.82, 2.24) is 0 Å². The zero-order valence-corrected chi connectivity index (χ0v) is 14.8. The van der Waals surface area contributed by atoms with Gasteiger partial charge >= 0.3 is 21.7 Å². The molecule has 3 heteroatoms. The average Bonchev–Trinajstić information content (AvgIpc) is 2.17. The standard InChI is InChI=1S/2C8H9.2ClH.Ti/c2*1-7-4-3-5-8(2)6-7;;;/h2*3-5H,1-2H3;2*1H;/q;;;;+2/p-2. The van der Waals surface area contributed by atoms with E-state index in [0.29, 0.717) is 0 Å². The summed E-state index contributed by atoms with van der Waals surface area (Å²) in [4.78, 5) is 0. The summed E-state index contributed by atoms with van der Waals surface area (Å²) in [6.07, 6.45) is 0. The molecule has 0 aliphatic heterocycles. The van der Waals surface area contributed by atoms with E-state index in [1.807, 2.05) is 64.1 Å². The van der Waals surface area contributed by atoms with Gasteiger partial charge in [-0.1, -0.05) is 36.4 Å². The fourth-order valence-electron chi connectivity index (χ4n) is 1.46. The molecule has 0 aliphatic carbocycles. The Morgan fingerprint density at radius 2 is 0.789 bits per heavy atom. The fraction of sp³-hybridized carbons (Fsp3) is 0.250. The molecule has 0 aliphatic rings. The van der Waals surface area contributed by atoms with Gasteiger partial charge in [0.2, 0.25) is 0 Å². The van der Waals surface area contributed by atoms with Gasteiger partial charge in [0.1, 0.15) is 0 Å². The summed E-state index contributed by atoms with van der Waals surface area (Å²) in [7, 11) is 0. The smallest absolute Gasteiger partial charge is 1.00 e. The van der Waals surface area contributed by atoms with Gasteiger partial charge in [0.15, 0.2) is 0 Å². The third kappa shape index (κ3) is 11.3. The molecule has 0 unspecified atom stereocenters. The van der Waals surface area contributed by atoms with E-state index in [9.17, 15) is 0 Å². The SMILES string of the molecule is Cc1[c]c(C)ccc1.Cc1[c]c(C)ccc1.[Cl-].[Cl-].[Ti+2]. The van der Waals surface area contributed by atoms with Crippen LogP contribution in [0.25, 0.3) is 0 Å². The van der Waals surface area contributed by atoms with E-state index in [0.717, 1.165) is 0 Å². The molecule has 0 aromatic heterocycles.